The maximum atomic E-state index is 5.45. The Morgan fingerprint density at radius 2 is 2.04 bits per heavy atom. The number of likely N-dealkylation sites (tertiary alicyclic amines) is 1. The van der Waals surface area contributed by atoms with Crippen LogP contribution in [0.5, 0.6) is 0 Å². The minimum atomic E-state index is 0.543. The zero-order valence-corrected chi connectivity index (χ0v) is 13.5. The molecule has 0 saturated carbocycles. The van der Waals surface area contributed by atoms with E-state index in [1.54, 1.807) is 12.4 Å². The van der Waals surface area contributed by atoms with Gasteiger partial charge < -0.3 is 4.52 Å². The number of benzene rings is 1. The van der Waals surface area contributed by atoms with Crippen LogP contribution in [0.2, 0.25) is 0 Å². The summed E-state index contributed by atoms with van der Waals surface area (Å²) in [6.07, 6.45) is 7.01. The van der Waals surface area contributed by atoms with Gasteiger partial charge in [0.05, 0.1) is 6.54 Å². The lowest BCUT2D eigenvalue weighted by Gasteiger charge is -2.22. The largest absolute Gasteiger partial charge is 0.338 e. The molecule has 2 aromatic heterocycles. The average molecular weight is 320 g/mol. The molecule has 0 spiro atoms. The van der Waals surface area contributed by atoms with Crippen molar-refractivity contribution in [2.75, 3.05) is 6.54 Å². The first-order valence-electron chi connectivity index (χ1n) is 8.39. The van der Waals surface area contributed by atoms with Gasteiger partial charge in [-0.15, -0.1) is 0 Å². The first kappa shape index (κ1) is 15.0. The van der Waals surface area contributed by atoms with Crippen LogP contribution in [0.25, 0.3) is 11.4 Å². The molecule has 1 aliphatic heterocycles. The zero-order chi connectivity index (χ0) is 16.2. The fourth-order valence-corrected chi connectivity index (χ4v) is 3.33. The molecule has 0 N–H and O–H groups in total. The van der Waals surface area contributed by atoms with Crippen molar-refractivity contribution >= 4 is 0 Å². The van der Waals surface area contributed by atoms with E-state index in [-0.39, 0.29) is 0 Å². The number of nitrogens with zero attached hydrogens (tertiary/aromatic N) is 4. The van der Waals surface area contributed by atoms with E-state index in [9.17, 15) is 0 Å². The SMILES string of the molecule is c1ccc(C[C@@H]2CCCN2Cc2nc(-c3cccnc3)no2)cc1. The molecule has 5 nitrogen and oxygen atoms in total. The maximum absolute atomic E-state index is 5.45. The molecule has 0 amide bonds. The highest BCUT2D eigenvalue weighted by Gasteiger charge is 2.26. The smallest absolute Gasteiger partial charge is 0.241 e. The normalized spacial score (nSPS) is 18.1. The van der Waals surface area contributed by atoms with Crippen molar-refractivity contribution in [2.45, 2.75) is 31.8 Å². The number of pyridine rings is 1. The van der Waals surface area contributed by atoms with Gasteiger partial charge in [-0.3, -0.25) is 9.88 Å². The van der Waals surface area contributed by atoms with Gasteiger partial charge in [0, 0.05) is 24.0 Å². The molecule has 0 unspecified atom stereocenters. The second kappa shape index (κ2) is 6.93. The average Bonchev–Trinajstić information content (AvgIpc) is 3.27. The molecular weight excluding hydrogens is 300 g/mol. The van der Waals surface area contributed by atoms with Crippen LogP contribution >= 0.6 is 0 Å². The minimum Gasteiger partial charge on any atom is -0.338 e. The van der Waals surface area contributed by atoms with Gasteiger partial charge in [-0.1, -0.05) is 35.5 Å². The lowest BCUT2D eigenvalue weighted by Crippen LogP contribution is -2.30. The fraction of sp³-hybridized carbons (Fsp3) is 0.316. The highest BCUT2D eigenvalue weighted by molar-refractivity contribution is 5.51. The quantitative estimate of drug-likeness (QED) is 0.721. The van der Waals surface area contributed by atoms with Gasteiger partial charge in [0.1, 0.15) is 0 Å². The van der Waals surface area contributed by atoms with Crippen molar-refractivity contribution in [2.24, 2.45) is 0 Å². The van der Waals surface area contributed by atoms with Gasteiger partial charge in [0.15, 0.2) is 0 Å². The van der Waals surface area contributed by atoms with Crippen LogP contribution in [-0.4, -0.2) is 32.6 Å². The number of rotatable bonds is 5. The fourth-order valence-electron chi connectivity index (χ4n) is 3.33. The second-order valence-electron chi connectivity index (χ2n) is 6.21. The molecule has 0 radical (unpaired) electrons. The third kappa shape index (κ3) is 3.36. The molecule has 1 atom stereocenters. The molecule has 0 bridgehead atoms. The third-order valence-corrected chi connectivity index (χ3v) is 4.54. The monoisotopic (exact) mass is 320 g/mol. The molecule has 3 aromatic rings. The Balaban J connectivity index is 1.44. The van der Waals surface area contributed by atoms with Crippen molar-refractivity contribution in [3.63, 3.8) is 0 Å². The first-order chi connectivity index (χ1) is 11.9. The summed E-state index contributed by atoms with van der Waals surface area (Å²) < 4.78 is 5.45. The lowest BCUT2D eigenvalue weighted by molar-refractivity contribution is 0.210. The second-order valence-corrected chi connectivity index (χ2v) is 6.21. The molecule has 5 heteroatoms. The summed E-state index contributed by atoms with van der Waals surface area (Å²) >= 11 is 0. The Labute approximate surface area is 141 Å². The van der Waals surface area contributed by atoms with Crippen LogP contribution in [0.3, 0.4) is 0 Å². The van der Waals surface area contributed by atoms with Gasteiger partial charge in [-0.05, 0) is 43.5 Å². The molecule has 1 saturated heterocycles. The number of hydrogen-bond acceptors (Lipinski definition) is 5. The van der Waals surface area contributed by atoms with Gasteiger partial charge in [0.2, 0.25) is 11.7 Å². The summed E-state index contributed by atoms with van der Waals surface area (Å²) in [6.45, 7) is 1.80. The maximum Gasteiger partial charge on any atom is 0.241 e. The van der Waals surface area contributed by atoms with Crippen LogP contribution in [0.1, 0.15) is 24.3 Å². The van der Waals surface area contributed by atoms with E-state index < -0.39 is 0 Å². The van der Waals surface area contributed by atoms with E-state index in [0.717, 1.165) is 18.5 Å². The van der Waals surface area contributed by atoms with Crippen LogP contribution in [0.15, 0.2) is 59.4 Å². The Bertz CT molecular complexity index is 772. The van der Waals surface area contributed by atoms with Crippen LogP contribution in [-0.2, 0) is 13.0 Å². The summed E-state index contributed by atoms with van der Waals surface area (Å²) in [4.78, 5) is 11.1. The summed E-state index contributed by atoms with van der Waals surface area (Å²) in [5.41, 5.74) is 2.27. The topological polar surface area (TPSA) is 55.1 Å². The summed E-state index contributed by atoms with van der Waals surface area (Å²) in [5.74, 6) is 1.28. The van der Waals surface area contributed by atoms with E-state index in [2.05, 4.69) is 50.4 Å². The summed E-state index contributed by atoms with van der Waals surface area (Å²) in [7, 11) is 0. The highest BCUT2D eigenvalue weighted by Crippen LogP contribution is 2.23. The molecule has 0 aliphatic carbocycles. The zero-order valence-electron chi connectivity index (χ0n) is 13.5. The molecule has 1 aromatic carbocycles. The van der Waals surface area contributed by atoms with E-state index >= 15 is 0 Å². The molecule has 1 aliphatic rings. The Morgan fingerprint density at radius 3 is 2.88 bits per heavy atom. The van der Waals surface area contributed by atoms with Crippen LogP contribution in [0, 0.1) is 0 Å². The van der Waals surface area contributed by atoms with Crippen LogP contribution < -0.4 is 0 Å². The molecular formula is C19H20N4O. The molecule has 122 valence electrons. The minimum absolute atomic E-state index is 0.543. The first-order valence-corrected chi connectivity index (χ1v) is 8.39. The van der Waals surface area contributed by atoms with Gasteiger partial charge in [-0.25, -0.2) is 0 Å². The third-order valence-electron chi connectivity index (χ3n) is 4.54. The standard InChI is InChI=1S/C19H20N4O/c1-2-6-15(7-3-1)12-17-9-5-11-23(17)14-18-21-19(22-24-18)16-8-4-10-20-13-16/h1-4,6-8,10,13,17H,5,9,11-12,14H2/t17-/m0/s1. The predicted octanol–water partition coefficient (Wildman–Crippen LogP) is 3.34. The van der Waals surface area contributed by atoms with Gasteiger partial charge >= 0.3 is 0 Å². The summed E-state index contributed by atoms with van der Waals surface area (Å²) in [5, 5.41) is 4.08. The number of aromatic nitrogens is 3. The van der Waals surface area contributed by atoms with Crippen molar-refractivity contribution in [1.82, 2.24) is 20.0 Å². The van der Waals surface area contributed by atoms with E-state index in [0.29, 0.717) is 24.3 Å². The van der Waals surface area contributed by atoms with Crippen molar-refractivity contribution in [1.29, 1.82) is 0 Å². The Hall–Kier alpha value is -2.53. The Kier molecular flexibility index (Phi) is 4.34. The number of hydrogen-bond donors (Lipinski definition) is 0. The van der Waals surface area contributed by atoms with Crippen molar-refractivity contribution in [3.8, 4) is 11.4 Å². The molecule has 4 rings (SSSR count). The van der Waals surface area contributed by atoms with Crippen molar-refractivity contribution in [3.05, 3.63) is 66.3 Å². The molecule has 1 fully saturated rings. The predicted molar refractivity (Wildman–Crippen MR) is 91.1 cm³/mol. The van der Waals surface area contributed by atoms with Gasteiger partial charge in [-0.2, -0.15) is 4.98 Å². The van der Waals surface area contributed by atoms with Crippen LogP contribution in [0.4, 0.5) is 0 Å². The van der Waals surface area contributed by atoms with E-state index in [4.69, 9.17) is 4.52 Å². The van der Waals surface area contributed by atoms with Crippen molar-refractivity contribution < 1.29 is 4.52 Å². The van der Waals surface area contributed by atoms with Gasteiger partial charge in [0.25, 0.3) is 0 Å². The molecule has 3 heterocycles. The van der Waals surface area contributed by atoms with E-state index in [1.807, 2.05) is 12.1 Å². The lowest BCUT2D eigenvalue weighted by atomic mass is 10.0. The summed E-state index contributed by atoms with van der Waals surface area (Å²) in [6, 6.07) is 15.0. The Morgan fingerprint density at radius 1 is 1.12 bits per heavy atom. The molecule has 24 heavy (non-hydrogen) atoms. The highest BCUT2D eigenvalue weighted by atomic mass is 16.5. The van der Waals surface area contributed by atoms with E-state index in [1.165, 1.54) is 18.4 Å².